The van der Waals surface area contributed by atoms with Crippen LogP contribution in [0.3, 0.4) is 0 Å². The van der Waals surface area contributed by atoms with Gasteiger partial charge in [-0.05, 0) is 13.0 Å². The number of nitrogens with zero attached hydrogens (tertiary/aromatic N) is 1. The van der Waals surface area contributed by atoms with E-state index >= 15 is 0 Å². The van der Waals surface area contributed by atoms with Gasteiger partial charge in [-0.2, -0.15) is 0 Å². The summed E-state index contributed by atoms with van der Waals surface area (Å²) in [6, 6.07) is 0. The van der Waals surface area contributed by atoms with Crippen LogP contribution < -0.4 is 0 Å². The molecule has 16 heavy (non-hydrogen) atoms. The quantitative estimate of drug-likeness (QED) is 0.552. The molecule has 0 aromatic carbocycles. The first-order chi connectivity index (χ1) is 7.70. The maximum absolute atomic E-state index is 10.5. The minimum atomic E-state index is -0.726. The van der Waals surface area contributed by atoms with Crippen LogP contribution >= 0.6 is 0 Å². The van der Waals surface area contributed by atoms with Gasteiger partial charge in [-0.25, -0.2) is 0 Å². The second-order valence-electron chi connectivity index (χ2n) is 4.04. The molecule has 1 N–H and O–H groups in total. The molecule has 0 radical (unpaired) electrons. The SMILES string of the molecule is CCCCCCN(CCOC)CCC(=O)O. The van der Waals surface area contributed by atoms with Gasteiger partial charge in [-0.3, -0.25) is 4.79 Å². The molecule has 0 aromatic heterocycles. The maximum atomic E-state index is 10.5. The number of rotatable bonds is 11. The average molecular weight is 231 g/mol. The van der Waals surface area contributed by atoms with E-state index < -0.39 is 5.97 Å². The minimum Gasteiger partial charge on any atom is -0.481 e. The number of hydrogen-bond donors (Lipinski definition) is 1. The van der Waals surface area contributed by atoms with E-state index in [0.717, 1.165) is 19.5 Å². The Morgan fingerprint density at radius 1 is 1.19 bits per heavy atom. The molecule has 0 bridgehead atoms. The van der Waals surface area contributed by atoms with Gasteiger partial charge in [0, 0.05) is 20.2 Å². The summed E-state index contributed by atoms with van der Waals surface area (Å²) in [5, 5.41) is 8.64. The predicted molar refractivity (Wildman–Crippen MR) is 64.7 cm³/mol. The second kappa shape index (κ2) is 10.9. The zero-order valence-corrected chi connectivity index (χ0v) is 10.6. The lowest BCUT2D eigenvalue weighted by Gasteiger charge is -2.20. The molecule has 0 atom stereocenters. The Labute approximate surface area is 98.6 Å². The Hall–Kier alpha value is -0.610. The first kappa shape index (κ1) is 15.4. The van der Waals surface area contributed by atoms with E-state index in [0.29, 0.717) is 13.2 Å². The summed E-state index contributed by atoms with van der Waals surface area (Å²) in [6.07, 6.45) is 5.09. The Bertz CT molecular complexity index is 174. The second-order valence-corrected chi connectivity index (χ2v) is 4.04. The molecule has 0 aliphatic carbocycles. The number of ether oxygens (including phenoxy) is 1. The molecule has 0 fully saturated rings. The summed E-state index contributed by atoms with van der Waals surface area (Å²) < 4.78 is 5.02. The van der Waals surface area contributed by atoms with E-state index in [1.54, 1.807) is 7.11 Å². The molecule has 0 heterocycles. The van der Waals surface area contributed by atoms with E-state index in [-0.39, 0.29) is 6.42 Å². The number of carbonyl (C=O) groups is 1. The first-order valence-corrected chi connectivity index (χ1v) is 6.13. The summed E-state index contributed by atoms with van der Waals surface area (Å²) in [4.78, 5) is 12.7. The van der Waals surface area contributed by atoms with E-state index in [4.69, 9.17) is 9.84 Å². The Morgan fingerprint density at radius 2 is 1.94 bits per heavy atom. The van der Waals surface area contributed by atoms with Crippen LogP contribution in [0, 0.1) is 0 Å². The molecule has 4 nitrogen and oxygen atoms in total. The van der Waals surface area contributed by atoms with E-state index in [2.05, 4.69) is 11.8 Å². The number of aliphatic carboxylic acids is 1. The van der Waals surface area contributed by atoms with Gasteiger partial charge < -0.3 is 14.7 Å². The fourth-order valence-corrected chi connectivity index (χ4v) is 1.57. The standard InChI is InChI=1S/C12H25NO3/c1-3-4-5-6-8-13(10-11-16-2)9-7-12(14)15/h3-11H2,1-2H3,(H,14,15). The van der Waals surface area contributed by atoms with Crippen LogP contribution in [0.1, 0.15) is 39.0 Å². The third-order valence-corrected chi connectivity index (χ3v) is 2.58. The highest BCUT2D eigenvalue weighted by molar-refractivity contribution is 5.66. The summed E-state index contributed by atoms with van der Waals surface area (Å²) in [5.41, 5.74) is 0. The van der Waals surface area contributed by atoms with Crippen molar-refractivity contribution in [2.24, 2.45) is 0 Å². The Balaban J connectivity index is 3.66. The van der Waals surface area contributed by atoms with Crippen LogP contribution in [0.15, 0.2) is 0 Å². The van der Waals surface area contributed by atoms with Crippen LogP contribution in [-0.4, -0.2) is 49.3 Å². The number of methoxy groups -OCH3 is 1. The highest BCUT2D eigenvalue weighted by Crippen LogP contribution is 2.02. The summed E-state index contributed by atoms with van der Waals surface area (Å²) >= 11 is 0. The average Bonchev–Trinajstić information content (AvgIpc) is 2.26. The van der Waals surface area contributed by atoms with Gasteiger partial charge in [0.15, 0.2) is 0 Å². The van der Waals surface area contributed by atoms with Crippen molar-refractivity contribution in [2.75, 3.05) is 33.4 Å². The van der Waals surface area contributed by atoms with Crippen LogP contribution in [-0.2, 0) is 9.53 Å². The van der Waals surface area contributed by atoms with Gasteiger partial charge >= 0.3 is 5.97 Å². The van der Waals surface area contributed by atoms with Gasteiger partial charge in [0.2, 0.25) is 0 Å². The molecule has 0 spiro atoms. The van der Waals surface area contributed by atoms with Crippen molar-refractivity contribution in [3.8, 4) is 0 Å². The van der Waals surface area contributed by atoms with Crippen molar-refractivity contribution in [2.45, 2.75) is 39.0 Å². The van der Waals surface area contributed by atoms with E-state index in [1.165, 1.54) is 19.3 Å². The Kier molecular flexibility index (Phi) is 10.5. The number of unbranched alkanes of at least 4 members (excludes halogenated alkanes) is 3. The van der Waals surface area contributed by atoms with Gasteiger partial charge in [0.25, 0.3) is 0 Å². The smallest absolute Gasteiger partial charge is 0.304 e. The third-order valence-electron chi connectivity index (χ3n) is 2.58. The summed E-state index contributed by atoms with van der Waals surface area (Å²) in [6.45, 7) is 5.30. The van der Waals surface area contributed by atoms with Crippen molar-refractivity contribution in [1.29, 1.82) is 0 Å². The van der Waals surface area contributed by atoms with Crippen LogP contribution in [0.25, 0.3) is 0 Å². The lowest BCUT2D eigenvalue weighted by molar-refractivity contribution is -0.137. The molecular formula is C12H25NO3. The minimum absolute atomic E-state index is 0.220. The normalized spacial score (nSPS) is 10.9. The number of carboxylic acid groups (broad SMARTS) is 1. The zero-order chi connectivity index (χ0) is 12.2. The molecular weight excluding hydrogens is 206 g/mol. The molecule has 0 unspecified atom stereocenters. The third kappa shape index (κ3) is 9.93. The lowest BCUT2D eigenvalue weighted by atomic mass is 10.2. The van der Waals surface area contributed by atoms with Crippen LogP contribution in [0.2, 0.25) is 0 Å². The first-order valence-electron chi connectivity index (χ1n) is 6.13. The summed E-state index contributed by atoms with van der Waals surface area (Å²) in [5.74, 6) is -0.726. The predicted octanol–water partition coefficient (Wildman–Crippen LogP) is 1.99. The molecule has 0 rings (SSSR count). The highest BCUT2D eigenvalue weighted by atomic mass is 16.5. The monoisotopic (exact) mass is 231 g/mol. The zero-order valence-electron chi connectivity index (χ0n) is 10.6. The fraction of sp³-hybridized carbons (Fsp3) is 0.917. The summed E-state index contributed by atoms with van der Waals surface area (Å²) in [7, 11) is 1.67. The van der Waals surface area contributed by atoms with E-state index in [1.807, 2.05) is 0 Å². The molecule has 0 amide bonds. The van der Waals surface area contributed by atoms with Gasteiger partial charge in [-0.15, -0.1) is 0 Å². The van der Waals surface area contributed by atoms with Crippen molar-refractivity contribution in [3.63, 3.8) is 0 Å². The van der Waals surface area contributed by atoms with Crippen LogP contribution in [0.5, 0.6) is 0 Å². The highest BCUT2D eigenvalue weighted by Gasteiger charge is 2.06. The van der Waals surface area contributed by atoms with E-state index in [9.17, 15) is 4.79 Å². The largest absolute Gasteiger partial charge is 0.481 e. The van der Waals surface area contributed by atoms with Gasteiger partial charge in [0.1, 0.15) is 0 Å². The van der Waals surface area contributed by atoms with Crippen molar-refractivity contribution in [3.05, 3.63) is 0 Å². The number of hydrogen-bond acceptors (Lipinski definition) is 3. The molecule has 0 saturated carbocycles. The molecule has 0 aliphatic rings. The number of carboxylic acids is 1. The maximum Gasteiger partial charge on any atom is 0.304 e. The van der Waals surface area contributed by atoms with Crippen molar-refractivity contribution in [1.82, 2.24) is 4.90 Å². The fourth-order valence-electron chi connectivity index (χ4n) is 1.57. The lowest BCUT2D eigenvalue weighted by Crippen LogP contribution is -2.30. The molecule has 0 saturated heterocycles. The molecule has 96 valence electrons. The molecule has 4 heteroatoms. The van der Waals surface area contributed by atoms with Crippen LogP contribution in [0.4, 0.5) is 0 Å². The topological polar surface area (TPSA) is 49.8 Å². The van der Waals surface area contributed by atoms with Gasteiger partial charge in [-0.1, -0.05) is 26.2 Å². The van der Waals surface area contributed by atoms with Crippen molar-refractivity contribution < 1.29 is 14.6 Å². The van der Waals surface area contributed by atoms with Gasteiger partial charge in [0.05, 0.1) is 13.0 Å². The molecule has 0 aromatic rings. The molecule has 0 aliphatic heterocycles. The van der Waals surface area contributed by atoms with Crippen molar-refractivity contribution >= 4 is 5.97 Å². The Morgan fingerprint density at radius 3 is 2.50 bits per heavy atom.